The van der Waals surface area contributed by atoms with Crippen LogP contribution < -0.4 is 5.73 Å². The molecule has 0 saturated carbocycles. The Labute approximate surface area is 128 Å². The third-order valence-corrected chi connectivity index (χ3v) is 4.64. The minimum absolute atomic E-state index is 0.0513. The predicted octanol–water partition coefficient (Wildman–Crippen LogP) is 2.71. The van der Waals surface area contributed by atoms with Gasteiger partial charge in [-0.1, -0.05) is 45.1 Å². The molecule has 0 aliphatic heterocycles. The molecule has 0 rings (SSSR count). The monoisotopic (exact) mass is 317 g/mol. The Bertz CT molecular complexity index is 310. The van der Waals surface area contributed by atoms with E-state index in [2.05, 4.69) is 6.58 Å². The van der Waals surface area contributed by atoms with Gasteiger partial charge in [-0.3, -0.25) is 4.79 Å². The highest BCUT2D eigenvalue weighted by molar-refractivity contribution is 7.69. The molecule has 0 fully saturated rings. The summed E-state index contributed by atoms with van der Waals surface area (Å²) < 4.78 is 4.89. The molecule has 3 N–H and O–H groups in total. The summed E-state index contributed by atoms with van der Waals surface area (Å²) in [6.45, 7) is 3.76. The number of hydrogen-bond donors (Lipinski definition) is 2. The van der Waals surface area contributed by atoms with E-state index >= 15 is 0 Å². The van der Waals surface area contributed by atoms with E-state index in [1.54, 1.807) is 0 Å². The zero-order valence-electron chi connectivity index (χ0n) is 12.8. The van der Waals surface area contributed by atoms with E-state index in [4.69, 9.17) is 10.5 Å². The van der Waals surface area contributed by atoms with Gasteiger partial charge >= 0.3 is 5.97 Å². The molecule has 0 amide bonds. The number of hydrogen-bond acceptors (Lipinski definition) is 5. The van der Waals surface area contributed by atoms with E-state index < -0.39 is 8.15 Å². The van der Waals surface area contributed by atoms with E-state index in [-0.39, 0.29) is 18.0 Å². The van der Waals surface area contributed by atoms with Gasteiger partial charge in [-0.2, -0.15) is 0 Å². The predicted molar refractivity (Wildman–Crippen MR) is 86.2 cm³/mol. The van der Waals surface area contributed by atoms with Crippen LogP contribution in [0.4, 0.5) is 0 Å². The Morgan fingerprint density at radius 1 is 1.05 bits per heavy atom. The molecule has 6 heteroatoms. The first-order chi connectivity index (χ1) is 10.1. The molecule has 0 aromatic rings. The molecule has 1 atom stereocenters. The molecule has 21 heavy (non-hydrogen) atoms. The largest absolute Gasteiger partial charge is 0.463 e. The van der Waals surface area contributed by atoms with Gasteiger partial charge in [0.15, 0.2) is 5.52 Å². The first kappa shape index (κ1) is 20.2. The summed E-state index contributed by atoms with van der Waals surface area (Å²) >= 11 is 0. The molecule has 0 aliphatic carbocycles. The van der Waals surface area contributed by atoms with Gasteiger partial charge in [0.05, 0.1) is 21.3 Å². The standard InChI is InChI=1S/C15H28NO4P/c1-2-14(17)20-11-9-7-5-3-4-6-8-10-12-21(19)15(18)13-16/h2,19H,1,3-13,16H2. The fraction of sp³-hybridized carbons (Fsp3) is 0.733. The molecule has 0 radical (unpaired) electrons. The number of ether oxygens (including phenoxy) is 1. The third kappa shape index (κ3) is 12.7. The first-order valence-electron chi connectivity index (χ1n) is 7.60. The van der Waals surface area contributed by atoms with Crippen LogP contribution in [-0.4, -0.2) is 35.7 Å². The van der Waals surface area contributed by atoms with Crippen LogP contribution in [0.2, 0.25) is 0 Å². The maximum Gasteiger partial charge on any atom is 0.330 e. The summed E-state index contributed by atoms with van der Waals surface area (Å²) in [6, 6.07) is 0. The molecular formula is C15H28NO4P. The lowest BCUT2D eigenvalue weighted by atomic mass is 10.1. The Morgan fingerprint density at radius 2 is 1.57 bits per heavy atom. The number of rotatable bonds is 14. The normalized spacial score (nSPS) is 11.9. The number of carbonyl (C=O) groups excluding carboxylic acids is 2. The van der Waals surface area contributed by atoms with Crippen molar-refractivity contribution in [3.8, 4) is 0 Å². The first-order valence-corrected chi connectivity index (χ1v) is 9.08. The highest BCUT2D eigenvalue weighted by atomic mass is 31.1. The van der Waals surface area contributed by atoms with E-state index in [1.165, 1.54) is 18.9 Å². The number of esters is 1. The van der Waals surface area contributed by atoms with E-state index in [0.29, 0.717) is 12.8 Å². The average molecular weight is 317 g/mol. The van der Waals surface area contributed by atoms with Crippen molar-refractivity contribution in [1.29, 1.82) is 0 Å². The van der Waals surface area contributed by atoms with Crippen LogP contribution in [0.25, 0.3) is 0 Å². The van der Waals surface area contributed by atoms with Crippen molar-refractivity contribution in [1.82, 2.24) is 0 Å². The van der Waals surface area contributed by atoms with Crippen molar-refractivity contribution in [3.05, 3.63) is 12.7 Å². The SMILES string of the molecule is C=CC(=O)OCCCCCCCCCCP(O)C(=O)CN. The third-order valence-electron chi connectivity index (χ3n) is 3.14. The molecule has 0 bridgehead atoms. The zero-order chi connectivity index (χ0) is 15.9. The van der Waals surface area contributed by atoms with Gasteiger partial charge in [-0.05, 0) is 19.0 Å². The lowest BCUT2D eigenvalue weighted by Crippen LogP contribution is -2.12. The minimum Gasteiger partial charge on any atom is -0.463 e. The van der Waals surface area contributed by atoms with Gasteiger partial charge < -0.3 is 15.4 Å². The van der Waals surface area contributed by atoms with Crippen molar-refractivity contribution in [2.45, 2.75) is 51.4 Å². The summed E-state index contributed by atoms with van der Waals surface area (Å²) in [6.07, 6.45) is 10.3. The van der Waals surface area contributed by atoms with E-state index in [9.17, 15) is 14.5 Å². The molecule has 0 spiro atoms. The van der Waals surface area contributed by atoms with Crippen LogP contribution in [-0.2, 0) is 14.3 Å². The smallest absolute Gasteiger partial charge is 0.330 e. The summed E-state index contributed by atoms with van der Waals surface area (Å²) in [5, 5.41) is 0. The second kappa shape index (κ2) is 14.2. The molecule has 122 valence electrons. The lowest BCUT2D eigenvalue weighted by Gasteiger charge is -2.07. The fourth-order valence-corrected chi connectivity index (χ4v) is 2.87. The summed E-state index contributed by atoms with van der Waals surface area (Å²) in [4.78, 5) is 31.3. The highest BCUT2D eigenvalue weighted by Gasteiger charge is 2.12. The second-order valence-corrected chi connectivity index (χ2v) is 6.67. The number of carbonyl (C=O) groups is 2. The van der Waals surface area contributed by atoms with Gasteiger partial charge in [0.25, 0.3) is 0 Å². The molecule has 0 aromatic heterocycles. The number of nitrogens with two attached hydrogens (primary N) is 1. The molecular weight excluding hydrogens is 289 g/mol. The quantitative estimate of drug-likeness (QED) is 0.222. The van der Waals surface area contributed by atoms with Crippen molar-refractivity contribution in [2.24, 2.45) is 5.73 Å². The van der Waals surface area contributed by atoms with E-state index in [1.807, 2.05) is 0 Å². The fourth-order valence-electron chi connectivity index (χ4n) is 1.89. The molecule has 0 aliphatic rings. The van der Waals surface area contributed by atoms with Crippen LogP contribution in [0.1, 0.15) is 51.4 Å². The van der Waals surface area contributed by atoms with Crippen molar-refractivity contribution >= 4 is 19.6 Å². The molecule has 0 saturated heterocycles. The molecule has 1 unspecified atom stereocenters. The summed E-state index contributed by atoms with van der Waals surface area (Å²) in [7, 11) is -1.50. The minimum atomic E-state index is -1.50. The van der Waals surface area contributed by atoms with Gasteiger partial charge in [-0.25, -0.2) is 4.79 Å². The van der Waals surface area contributed by atoms with Crippen LogP contribution in [0.3, 0.4) is 0 Å². The Morgan fingerprint density at radius 3 is 2.10 bits per heavy atom. The Kier molecular flexibility index (Phi) is 13.7. The van der Waals surface area contributed by atoms with Gasteiger partial charge in [0.1, 0.15) is 0 Å². The van der Waals surface area contributed by atoms with Crippen molar-refractivity contribution < 1.29 is 19.2 Å². The van der Waals surface area contributed by atoms with Gasteiger partial charge in [0.2, 0.25) is 0 Å². The van der Waals surface area contributed by atoms with Crippen LogP contribution in [0.15, 0.2) is 12.7 Å². The second-order valence-electron chi connectivity index (χ2n) is 4.92. The molecule has 5 nitrogen and oxygen atoms in total. The molecule has 0 heterocycles. The molecule has 0 aromatic carbocycles. The van der Waals surface area contributed by atoms with Crippen LogP contribution in [0, 0.1) is 0 Å². The van der Waals surface area contributed by atoms with Gasteiger partial charge in [-0.15, -0.1) is 0 Å². The maximum atomic E-state index is 11.1. The average Bonchev–Trinajstić information content (AvgIpc) is 2.50. The topological polar surface area (TPSA) is 89.6 Å². The van der Waals surface area contributed by atoms with Crippen LogP contribution in [0.5, 0.6) is 0 Å². The van der Waals surface area contributed by atoms with E-state index in [0.717, 1.165) is 38.5 Å². The number of unbranched alkanes of at least 4 members (excludes halogenated alkanes) is 7. The zero-order valence-corrected chi connectivity index (χ0v) is 13.7. The van der Waals surface area contributed by atoms with Crippen molar-refractivity contribution in [3.63, 3.8) is 0 Å². The maximum absolute atomic E-state index is 11.1. The summed E-state index contributed by atoms with van der Waals surface area (Å²) in [5.41, 5.74) is 4.99. The van der Waals surface area contributed by atoms with Gasteiger partial charge in [0, 0.05) is 6.08 Å². The summed E-state index contributed by atoms with van der Waals surface area (Å²) in [5.74, 6) is -0.355. The highest BCUT2D eigenvalue weighted by Crippen LogP contribution is 2.31. The lowest BCUT2D eigenvalue weighted by molar-refractivity contribution is -0.137. The Balaban J connectivity index is 3.21. The van der Waals surface area contributed by atoms with Crippen LogP contribution >= 0.6 is 8.15 Å². The Hall–Kier alpha value is -0.770. The van der Waals surface area contributed by atoms with Crippen molar-refractivity contribution in [2.75, 3.05) is 19.3 Å².